The lowest BCUT2D eigenvalue weighted by Gasteiger charge is -2.19. The van der Waals surface area contributed by atoms with Gasteiger partial charge in [-0.15, -0.1) is 0 Å². The molecule has 0 aliphatic rings. The molecule has 0 fully saturated rings. The Morgan fingerprint density at radius 3 is 2.53 bits per heavy atom. The number of nitrogens with zero attached hydrogens (tertiary/aromatic N) is 1. The van der Waals surface area contributed by atoms with Crippen LogP contribution in [0.2, 0.25) is 5.15 Å². The van der Waals surface area contributed by atoms with Gasteiger partial charge in [-0.25, -0.2) is 4.98 Å². The fourth-order valence-corrected chi connectivity index (χ4v) is 1.84. The molecule has 0 saturated heterocycles. The van der Waals surface area contributed by atoms with Crippen molar-refractivity contribution >= 4 is 22.4 Å². The summed E-state index contributed by atoms with van der Waals surface area (Å²) in [6.07, 6.45) is 1.75. The lowest BCUT2D eigenvalue weighted by molar-refractivity contribution is 0.591. The first-order valence-corrected chi connectivity index (χ1v) is 5.41. The van der Waals surface area contributed by atoms with E-state index >= 15 is 0 Å². The number of hydrogen-bond donors (Lipinski definition) is 0. The van der Waals surface area contributed by atoms with E-state index in [9.17, 15) is 0 Å². The van der Waals surface area contributed by atoms with Crippen LogP contribution >= 0.6 is 11.6 Å². The zero-order valence-electron chi connectivity index (χ0n) is 9.21. The van der Waals surface area contributed by atoms with Gasteiger partial charge in [0.25, 0.3) is 0 Å². The summed E-state index contributed by atoms with van der Waals surface area (Å²) < 4.78 is 0. The normalized spacial score (nSPS) is 12.0. The number of benzene rings is 1. The van der Waals surface area contributed by atoms with Crippen LogP contribution in [0.4, 0.5) is 0 Å². The van der Waals surface area contributed by atoms with E-state index in [2.05, 4.69) is 37.9 Å². The molecule has 2 aromatic rings. The Morgan fingerprint density at radius 2 is 1.87 bits per heavy atom. The maximum atomic E-state index is 6.01. The third-order valence-corrected chi connectivity index (χ3v) is 2.88. The van der Waals surface area contributed by atoms with Crippen molar-refractivity contribution in [3.8, 4) is 0 Å². The summed E-state index contributed by atoms with van der Waals surface area (Å²) in [6.45, 7) is 6.62. The van der Waals surface area contributed by atoms with Gasteiger partial charge in [0.2, 0.25) is 0 Å². The van der Waals surface area contributed by atoms with Crippen LogP contribution in [-0.4, -0.2) is 4.98 Å². The molecule has 0 N–H and O–H groups in total. The third kappa shape index (κ3) is 1.98. The van der Waals surface area contributed by atoms with Gasteiger partial charge in [-0.3, -0.25) is 0 Å². The summed E-state index contributed by atoms with van der Waals surface area (Å²) in [7, 11) is 0. The molecule has 0 radical (unpaired) electrons. The molecule has 0 bridgehead atoms. The van der Waals surface area contributed by atoms with Gasteiger partial charge in [-0.2, -0.15) is 0 Å². The predicted octanol–water partition coefficient (Wildman–Crippen LogP) is 4.19. The lowest BCUT2D eigenvalue weighted by atomic mass is 9.86. The first-order chi connectivity index (χ1) is 6.98. The highest BCUT2D eigenvalue weighted by Crippen LogP contribution is 2.28. The number of rotatable bonds is 0. The van der Waals surface area contributed by atoms with Gasteiger partial charge in [0.15, 0.2) is 0 Å². The van der Waals surface area contributed by atoms with Crippen LogP contribution in [-0.2, 0) is 5.41 Å². The molecule has 0 aliphatic heterocycles. The fourth-order valence-electron chi connectivity index (χ4n) is 1.61. The van der Waals surface area contributed by atoms with Gasteiger partial charge < -0.3 is 0 Å². The Hall–Kier alpha value is -1.08. The van der Waals surface area contributed by atoms with Gasteiger partial charge in [0, 0.05) is 11.6 Å². The van der Waals surface area contributed by atoms with Gasteiger partial charge in [0.05, 0.1) is 0 Å². The van der Waals surface area contributed by atoms with Crippen molar-refractivity contribution in [3.63, 3.8) is 0 Å². The summed E-state index contributed by atoms with van der Waals surface area (Å²) in [6, 6.07) is 8.35. The van der Waals surface area contributed by atoms with Crippen LogP contribution in [0.15, 0.2) is 30.5 Å². The van der Waals surface area contributed by atoms with Gasteiger partial charge in [0.1, 0.15) is 5.15 Å². The molecule has 1 nitrogen and oxygen atoms in total. The Labute approximate surface area is 95.1 Å². The van der Waals surface area contributed by atoms with E-state index in [1.165, 1.54) is 5.56 Å². The largest absolute Gasteiger partial charge is 0.244 e. The molecule has 0 saturated carbocycles. The lowest BCUT2D eigenvalue weighted by Crippen LogP contribution is -2.10. The Kier molecular flexibility index (Phi) is 2.43. The Morgan fingerprint density at radius 1 is 1.13 bits per heavy atom. The molecular weight excluding hydrogens is 206 g/mol. The van der Waals surface area contributed by atoms with Gasteiger partial charge in [-0.05, 0) is 22.4 Å². The smallest absolute Gasteiger partial charge is 0.136 e. The zero-order valence-corrected chi connectivity index (χ0v) is 9.97. The van der Waals surface area contributed by atoms with Gasteiger partial charge in [-0.1, -0.05) is 50.6 Å². The van der Waals surface area contributed by atoms with Crippen molar-refractivity contribution in [1.82, 2.24) is 4.98 Å². The molecule has 0 unspecified atom stereocenters. The van der Waals surface area contributed by atoms with Gasteiger partial charge >= 0.3 is 0 Å². The molecule has 1 heterocycles. The number of aromatic nitrogens is 1. The molecule has 2 rings (SSSR count). The maximum Gasteiger partial charge on any atom is 0.136 e. The van der Waals surface area contributed by atoms with E-state index in [-0.39, 0.29) is 5.41 Å². The van der Waals surface area contributed by atoms with Crippen LogP contribution in [0.5, 0.6) is 0 Å². The topological polar surface area (TPSA) is 12.9 Å². The minimum atomic E-state index is 0.171. The van der Waals surface area contributed by atoms with Crippen LogP contribution in [0.25, 0.3) is 10.8 Å². The average Bonchev–Trinajstić information content (AvgIpc) is 2.16. The van der Waals surface area contributed by atoms with E-state index in [0.717, 1.165) is 10.8 Å². The average molecular weight is 220 g/mol. The van der Waals surface area contributed by atoms with Crippen molar-refractivity contribution in [2.45, 2.75) is 26.2 Å². The van der Waals surface area contributed by atoms with E-state index in [4.69, 9.17) is 11.6 Å². The molecule has 2 heteroatoms. The number of hydrogen-bond acceptors (Lipinski definition) is 1. The molecule has 0 aliphatic carbocycles. The second-order valence-corrected chi connectivity index (χ2v) is 5.15. The van der Waals surface area contributed by atoms with Crippen LogP contribution in [0, 0.1) is 0 Å². The summed E-state index contributed by atoms with van der Waals surface area (Å²) in [5, 5.41) is 2.75. The standard InChI is InChI=1S/C13H14ClN/c1-13(2,3)10-4-5-11-9(8-10)6-7-15-12(11)14/h4-8H,1-3H3. The molecule has 0 atom stereocenters. The second-order valence-electron chi connectivity index (χ2n) is 4.79. The summed E-state index contributed by atoms with van der Waals surface area (Å²) in [4.78, 5) is 4.06. The summed E-state index contributed by atoms with van der Waals surface area (Å²) >= 11 is 6.01. The highest BCUT2D eigenvalue weighted by Gasteiger charge is 2.14. The third-order valence-electron chi connectivity index (χ3n) is 2.58. The van der Waals surface area contributed by atoms with Crippen molar-refractivity contribution < 1.29 is 0 Å². The highest BCUT2D eigenvalue weighted by molar-refractivity contribution is 6.34. The van der Waals surface area contributed by atoms with E-state index in [1.807, 2.05) is 12.1 Å². The van der Waals surface area contributed by atoms with Crippen LogP contribution in [0.1, 0.15) is 26.3 Å². The Bertz CT molecular complexity index is 497. The van der Waals surface area contributed by atoms with Crippen molar-refractivity contribution in [2.24, 2.45) is 0 Å². The van der Waals surface area contributed by atoms with Crippen LogP contribution < -0.4 is 0 Å². The number of fused-ring (bicyclic) bond motifs is 1. The van der Waals surface area contributed by atoms with Crippen molar-refractivity contribution in [1.29, 1.82) is 0 Å². The fraction of sp³-hybridized carbons (Fsp3) is 0.308. The molecule has 15 heavy (non-hydrogen) atoms. The molecule has 1 aromatic carbocycles. The minimum absolute atomic E-state index is 0.171. The number of pyridine rings is 1. The summed E-state index contributed by atoms with van der Waals surface area (Å²) in [5.41, 5.74) is 1.49. The zero-order chi connectivity index (χ0) is 11.1. The monoisotopic (exact) mass is 219 g/mol. The molecular formula is C13H14ClN. The highest BCUT2D eigenvalue weighted by atomic mass is 35.5. The predicted molar refractivity (Wildman–Crippen MR) is 65.5 cm³/mol. The van der Waals surface area contributed by atoms with E-state index < -0.39 is 0 Å². The second kappa shape index (κ2) is 3.49. The van der Waals surface area contributed by atoms with E-state index in [0.29, 0.717) is 5.15 Å². The molecule has 0 amide bonds. The number of halogens is 1. The minimum Gasteiger partial charge on any atom is -0.244 e. The first kappa shape index (κ1) is 10.4. The van der Waals surface area contributed by atoms with Crippen LogP contribution in [0.3, 0.4) is 0 Å². The SMILES string of the molecule is CC(C)(C)c1ccc2c(Cl)nccc2c1. The molecule has 0 spiro atoms. The first-order valence-electron chi connectivity index (χ1n) is 5.03. The quantitative estimate of drug-likeness (QED) is 0.606. The van der Waals surface area contributed by atoms with Crippen molar-refractivity contribution in [3.05, 3.63) is 41.2 Å². The molecule has 1 aromatic heterocycles. The van der Waals surface area contributed by atoms with Crippen molar-refractivity contribution in [2.75, 3.05) is 0 Å². The molecule has 78 valence electrons. The van der Waals surface area contributed by atoms with E-state index in [1.54, 1.807) is 6.20 Å². The Balaban J connectivity index is 2.68. The maximum absolute atomic E-state index is 6.01. The summed E-state index contributed by atoms with van der Waals surface area (Å²) in [5.74, 6) is 0.